The molecule has 1 unspecified atom stereocenters. The Balaban J connectivity index is 0. The average Bonchev–Trinajstić information content (AvgIpc) is 2.63. The molecule has 0 aliphatic rings. The largest absolute Gasteiger partial charge is 0.368 e. The lowest BCUT2D eigenvalue weighted by Crippen LogP contribution is -2.47. The molecule has 0 spiro atoms. The summed E-state index contributed by atoms with van der Waals surface area (Å²) in [5.74, 6) is -0.913. The van der Waals surface area contributed by atoms with Crippen molar-refractivity contribution in [2.24, 2.45) is 5.73 Å². The number of hydrogen-bond acceptors (Lipinski definition) is 6. The van der Waals surface area contributed by atoms with Crippen LogP contribution in [0.5, 0.6) is 0 Å². The normalized spacial score (nSPS) is 11.3. The van der Waals surface area contributed by atoms with E-state index in [1.54, 1.807) is 0 Å². The summed E-state index contributed by atoms with van der Waals surface area (Å²) < 4.78 is 0. The summed E-state index contributed by atoms with van der Waals surface area (Å²) in [6.45, 7) is 11.9. The van der Waals surface area contributed by atoms with Crippen LogP contribution in [-0.2, 0) is 19.2 Å². The van der Waals surface area contributed by atoms with Crippen LogP contribution in [0.15, 0.2) is 0 Å². The van der Waals surface area contributed by atoms with Gasteiger partial charge in [-0.2, -0.15) is 0 Å². The lowest BCUT2D eigenvalue weighted by atomic mass is 10.1. The molecule has 10 nitrogen and oxygen atoms in total. The second-order valence-electron chi connectivity index (χ2n) is 7.11. The number of nitrogens with two attached hydrogens (primary N) is 1. The van der Waals surface area contributed by atoms with Crippen LogP contribution in [0.1, 0.15) is 53.9 Å². The Morgan fingerprint density at radius 2 is 1.55 bits per heavy atom. The molecule has 0 aromatic carbocycles. The first-order valence-electron chi connectivity index (χ1n) is 10.1. The van der Waals surface area contributed by atoms with Crippen LogP contribution in [0.4, 0.5) is 0 Å². The zero-order valence-corrected chi connectivity index (χ0v) is 18.5. The van der Waals surface area contributed by atoms with Gasteiger partial charge in [-0.05, 0) is 32.7 Å². The first kappa shape index (κ1) is 29.0. The molecule has 0 bridgehead atoms. The molecule has 0 saturated carbocycles. The summed E-state index contributed by atoms with van der Waals surface area (Å²) in [7, 11) is 0. The molecule has 0 heterocycles. The summed E-state index contributed by atoms with van der Waals surface area (Å²) in [6, 6.07) is 0.128. The summed E-state index contributed by atoms with van der Waals surface area (Å²) in [5, 5.41) is 13.7. The van der Waals surface area contributed by atoms with Crippen LogP contribution in [0.3, 0.4) is 0 Å². The van der Waals surface area contributed by atoms with Gasteiger partial charge in [0.1, 0.15) is 6.04 Å². The van der Waals surface area contributed by atoms with Gasteiger partial charge in [-0.3, -0.25) is 19.2 Å². The number of carbonyl (C=O) groups excluding carboxylic acids is 4. The number of likely N-dealkylation sites (N-methyl/N-ethyl adjacent to an activating group) is 1. The Morgan fingerprint density at radius 1 is 0.931 bits per heavy atom. The van der Waals surface area contributed by atoms with Crippen LogP contribution in [0.2, 0.25) is 0 Å². The fraction of sp³-hybridized carbons (Fsp3) is 0.789. The van der Waals surface area contributed by atoms with E-state index in [1.807, 2.05) is 20.8 Å². The third kappa shape index (κ3) is 22.0. The van der Waals surface area contributed by atoms with Gasteiger partial charge in [-0.1, -0.05) is 27.7 Å². The zero-order valence-electron chi connectivity index (χ0n) is 18.5. The van der Waals surface area contributed by atoms with E-state index < -0.39 is 17.9 Å². The van der Waals surface area contributed by atoms with Gasteiger partial charge in [0, 0.05) is 18.6 Å². The van der Waals surface area contributed by atoms with Crippen molar-refractivity contribution in [1.29, 1.82) is 0 Å². The maximum absolute atomic E-state index is 11.3. The summed E-state index contributed by atoms with van der Waals surface area (Å²) in [6.07, 6.45) is 2.62. The van der Waals surface area contributed by atoms with Crippen molar-refractivity contribution >= 4 is 24.1 Å². The SMILES string of the molecule is CC(C)NCCCCC(NC(=O)CNC=O)C(N)=O.CCNC(=O)CNC(C)C. The molecule has 0 saturated heterocycles. The highest BCUT2D eigenvalue weighted by molar-refractivity contribution is 5.87. The maximum atomic E-state index is 11.3. The van der Waals surface area contributed by atoms with Crippen molar-refractivity contribution in [2.45, 2.75) is 72.0 Å². The highest BCUT2D eigenvalue weighted by atomic mass is 16.2. The topological polar surface area (TPSA) is 154 Å². The first-order valence-corrected chi connectivity index (χ1v) is 10.1. The van der Waals surface area contributed by atoms with E-state index in [0.717, 1.165) is 19.4 Å². The van der Waals surface area contributed by atoms with Crippen LogP contribution >= 0.6 is 0 Å². The average molecular weight is 417 g/mol. The molecule has 0 aliphatic heterocycles. The Kier molecular flexibility index (Phi) is 19.1. The minimum atomic E-state index is -0.681. The van der Waals surface area contributed by atoms with Gasteiger partial charge >= 0.3 is 0 Å². The van der Waals surface area contributed by atoms with Gasteiger partial charge in [0.05, 0.1) is 13.1 Å². The van der Waals surface area contributed by atoms with Crippen molar-refractivity contribution in [3.8, 4) is 0 Å². The van der Waals surface area contributed by atoms with E-state index in [9.17, 15) is 19.2 Å². The lowest BCUT2D eigenvalue weighted by Gasteiger charge is -2.15. The molecule has 0 radical (unpaired) electrons. The minimum Gasteiger partial charge on any atom is -0.368 e. The molecule has 0 aromatic rings. The molecule has 1 atom stereocenters. The van der Waals surface area contributed by atoms with Crippen LogP contribution in [-0.4, -0.2) is 68.4 Å². The molecule has 0 fully saturated rings. The fourth-order valence-electron chi connectivity index (χ4n) is 2.09. The minimum absolute atomic E-state index is 0.0659. The third-order valence-corrected chi connectivity index (χ3v) is 3.54. The van der Waals surface area contributed by atoms with Crippen molar-refractivity contribution in [3.63, 3.8) is 0 Å². The molecule has 7 N–H and O–H groups in total. The number of primary amides is 1. The smallest absolute Gasteiger partial charge is 0.240 e. The standard InChI is InChI=1S/C12H24N4O3.C7H16N2O/c1-9(2)15-6-4-3-5-10(12(13)19)16-11(18)7-14-8-17;1-4-8-7(10)5-9-6(2)3/h8-10,15H,3-7H2,1-2H3,(H2,13,19)(H,14,17)(H,16,18);6,9H,4-5H2,1-3H3,(H,8,10). The van der Waals surface area contributed by atoms with Crippen LogP contribution in [0.25, 0.3) is 0 Å². The number of hydrogen-bond donors (Lipinski definition) is 6. The van der Waals surface area contributed by atoms with E-state index in [-0.39, 0.29) is 12.5 Å². The van der Waals surface area contributed by atoms with Crippen molar-refractivity contribution in [1.82, 2.24) is 26.6 Å². The molecule has 29 heavy (non-hydrogen) atoms. The molecule has 10 heteroatoms. The molecular formula is C19H40N6O4. The van der Waals surface area contributed by atoms with Gasteiger partial charge < -0.3 is 32.3 Å². The number of amides is 4. The van der Waals surface area contributed by atoms with E-state index >= 15 is 0 Å². The van der Waals surface area contributed by atoms with Crippen molar-refractivity contribution in [2.75, 3.05) is 26.2 Å². The number of nitrogens with one attached hydrogen (secondary N) is 5. The van der Waals surface area contributed by atoms with Gasteiger partial charge in [0.2, 0.25) is 24.1 Å². The van der Waals surface area contributed by atoms with Crippen LogP contribution in [0, 0.1) is 0 Å². The maximum Gasteiger partial charge on any atom is 0.240 e. The summed E-state index contributed by atoms with van der Waals surface area (Å²) in [5.41, 5.74) is 5.22. The van der Waals surface area contributed by atoms with E-state index in [2.05, 4.69) is 40.4 Å². The summed E-state index contributed by atoms with van der Waals surface area (Å²) in [4.78, 5) is 43.3. The molecule has 170 valence electrons. The molecule has 0 rings (SSSR count). The highest BCUT2D eigenvalue weighted by Crippen LogP contribution is 2.00. The van der Waals surface area contributed by atoms with E-state index in [1.165, 1.54) is 0 Å². The van der Waals surface area contributed by atoms with Crippen molar-refractivity contribution in [3.05, 3.63) is 0 Å². The Labute approximate surface area is 174 Å². The Morgan fingerprint density at radius 3 is 2.03 bits per heavy atom. The van der Waals surface area contributed by atoms with Gasteiger partial charge in [-0.15, -0.1) is 0 Å². The molecule has 0 aromatic heterocycles. The summed E-state index contributed by atoms with van der Waals surface area (Å²) >= 11 is 0. The molecule has 0 aliphatic carbocycles. The number of unbranched alkanes of at least 4 members (excludes halogenated alkanes) is 1. The lowest BCUT2D eigenvalue weighted by molar-refractivity contribution is -0.127. The number of carbonyl (C=O) groups is 4. The van der Waals surface area contributed by atoms with Gasteiger partial charge in [0.15, 0.2) is 0 Å². The zero-order chi connectivity index (χ0) is 22.7. The second kappa shape index (κ2) is 19.1. The first-order chi connectivity index (χ1) is 13.6. The molecular weight excluding hydrogens is 376 g/mol. The van der Waals surface area contributed by atoms with Gasteiger partial charge in [0.25, 0.3) is 0 Å². The monoisotopic (exact) mass is 416 g/mol. The third-order valence-electron chi connectivity index (χ3n) is 3.54. The number of rotatable bonds is 15. The Bertz CT molecular complexity index is 472. The van der Waals surface area contributed by atoms with Gasteiger partial charge in [-0.25, -0.2) is 0 Å². The van der Waals surface area contributed by atoms with Crippen molar-refractivity contribution < 1.29 is 19.2 Å². The fourth-order valence-corrected chi connectivity index (χ4v) is 2.09. The predicted octanol–water partition coefficient (Wildman–Crippen LogP) is -1.01. The molecule has 4 amide bonds. The second-order valence-corrected chi connectivity index (χ2v) is 7.11. The van der Waals surface area contributed by atoms with Crippen LogP contribution < -0.4 is 32.3 Å². The van der Waals surface area contributed by atoms with E-state index in [0.29, 0.717) is 38.0 Å². The van der Waals surface area contributed by atoms with E-state index in [4.69, 9.17) is 5.73 Å². The predicted molar refractivity (Wildman–Crippen MR) is 114 cm³/mol. The highest BCUT2D eigenvalue weighted by Gasteiger charge is 2.17. The quantitative estimate of drug-likeness (QED) is 0.148. The Hall–Kier alpha value is -2.20.